The first kappa shape index (κ1) is 13.1. The van der Waals surface area contributed by atoms with Gasteiger partial charge in [0, 0.05) is 18.8 Å². The fourth-order valence-corrected chi connectivity index (χ4v) is 3.09. The van der Waals surface area contributed by atoms with Crippen molar-refractivity contribution in [1.82, 2.24) is 4.72 Å². The second kappa shape index (κ2) is 5.54. The normalized spacial score (nSPS) is 14.7. The third-order valence-corrected chi connectivity index (χ3v) is 4.42. The standard InChI is InChI=1S/C13H18N2O2S/c1-2-3-9-15-18(16,17)12-6-7-13-11(10-12)5-4-8-14-13/h2,6-7,10,14-15H,1,3-5,8-9H2. The molecule has 2 N–H and O–H groups in total. The Morgan fingerprint density at radius 2 is 2.28 bits per heavy atom. The molecular weight excluding hydrogens is 248 g/mol. The Kier molecular flexibility index (Phi) is 4.04. The molecule has 0 radical (unpaired) electrons. The second-order valence-electron chi connectivity index (χ2n) is 4.32. The molecule has 18 heavy (non-hydrogen) atoms. The summed E-state index contributed by atoms with van der Waals surface area (Å²) in [4.78, 5) is 0.342. The summed E-state index contributed by atoms with van der Waals surface area (Å²) in [6.07, 6.45) is 4.30. The van der Waals surface area contributed by atoms with Crippen molar-refractivity contribution >= 4 is 15.7 Å². The Morgan fingerprint density at radius 1 is 1.44 bits per heavy atom. The first-order valence-corrected chi connectivity index (χ1v) is 7.59. The highest BCUT2D eigenvalue weighted by Gasteiger charge is 2.16. The van der Waals surface area contributed by atoms with E-state index in [1.54, 1.807) is 18.2 Å². The van der Waals surface area contributed by atoms with E-state index in [1.807, 2.05) is 6.07 Å². The van der Waals surface area contributed by atoms with Crippen molar-refractivity contribution < 1.29 is 8.42 Å². The summed E-state index contributed by atoms with van der Waals surface area (Å²) in [5.74, 6) is 0. The summed E-state index contributed by atoms with van der Waals surface area (Å²) >= 11 is 0. The van der Waals surface area contributed by atoms with Crippen LogP contribution in [0.4, 0.5) is 5.69 Å². The van der Waals surface area contributed by atoms with Crippen LogP contribution in [0.1, 0.15) is 18.4 Å². The van der Waals surface area contributed by atoms with Crippen LogP contribution in [0.25, 0.3) is 0 Å². The number of rotatable bonds is 5. The monoisotopic (exact) mass is 266 g/mol. The summed E-state index contributed by atoms with van der Waals surface area (Å²) in [5, 5.41) is 3.27. The summed E-state index contributed by atoms with van der Waals surface area (Å²) < 4.78 is 26.6. The third-order valence-electron chi connectivity index (χ3n) is 2.97. The fourth-order valence-electron chi connectivity index (χ4n) is 2.00. The molecule has 0 atom stereocenters. The molecule has 0 bridgehead atoms. The van der Waals surface area contributed by atoms with Gasteiger partial charge < -0.3 is 5.32 Å². The minimum absolute atomic E-state index is 0.342. The van der Waals surface area contributed by atoms with Gasteiger partial charge in [-0.2, -0.15) is 0 Å². The molecule has 1 aromatic rings. The number of fused-ring (bicyclic) bond motifs is 1. The average Bonchev–Trinajstić information content (AvgIpc) is 2.38. The van der Waals surface area contributed by atoms with Gasteiger partial charge in [-0.3, -0.25) is 0 Å². The van der Waals surface area contributed by atoms with E-state index in [-0.39, 0.29) is 0 Å². The minimum Gasteiger partial charge on any atom is -0.385 e. The van der Waals surface area contributed by atoms with Crippen molar-refractivity contribution in [2.24, 2.45) is 0 Å². The molecule has 0 aromatic heterocycles. The van der Waals surface area contributed by atoms with Gasteiger partial charge in [0.2, 0.25) is 10.0 Å². The number of benzene rings is 1. The van der Waals surface area contributed by atoms with Crippen molar-refractivity contribution in [3.8, 4) is 0 Å². The molecule has 0 spiro atoms. The molecule has 0 saturated carbocycles. The summed E-state index contributed by atoms with van der Waals surface area (Å²) in [5.41, 5.74) is 2.12. The van der Waals surface area contributed by atoms with Crippen molar-refractivity contribution in [2.75, 3.05) is 18.4 Å². The van der Waals surface area contributed by atoms with Crippen LogP contribution < -0.4 is 10.0 Å². The molecule has 1 aliphatic heterocycles. The van der Waals surface area contributed by atoms with E-state index < -0.39 is 10.0 Å². The van der Waals surface area contributed by atoms with E-state index in [4.69, 9.17) is 0 Å². The molecule has 1 aromatic carbocycles. The number of nitrogens with one attached hydrogen (secondary N) is 2. The van der Waals surface area contributed by atoms with Gasteiger partial charge in [-0.1, -0.05) is 6.08 Å². The van der Waals surface area contributed by atoms with Gasteiger partial charge in [-0.05, 0) is 43.0 Å². The lowest BCUT2D eigenvalue weighted by atomic mass is 10.0. The smallest absolute Gasteiger partial charge is 0.240 e. The van der Waals surface area contributed by atoms with Crippen molar-refractivity contribution in [2.45, 2.75) is 24.2 Å². The molecule has 4 nitrogen and oxygen atoms in total. The Bertz CT molecular complexity index is 538. The predicted octanol–water partition coefficient (Wildman–Crippen LogP) is 1.90. The zero-order valence-electron chi connectivity index (χ0n) is 10.3. The van der Waals surface area contributed by atoms with Crippen LogP contribution in [0.15, 0.2) is 35.7 Å². The lowest BCUT2D eigenvalue weighted by Gasteiger charge is -2.18. The number of aryl methyl sites for hydroxylation is 1. The highest BCUT2D eigenvalue weighted by molar-refractivity contribution is 7.89. The van der Waals surface area contributed by atoms with Crippen LogP contribution >= 0.6 is 0 Å². The first-order chi connectivity index (χ1) is 8.63. The number of hydrogen-bond acceptors (Lipinski definition) is 3. The van der Waals surface area contributed by atoms with E-state index in [2.05, 4.69) is 16.6 Å². The van der Waals surface area contributed by atoms with E-state index in [0.717, 1.165) is 30.6 Å². The van der Waals surface area contributed by atoms with Gasteiger partial charge in [0.25, 0.3) is 0 Å². The van der Waals surface area contributed by atoms with Crippen LogP contribution in [0.5, 0.6) is 0 Å². The number of sulfonamides is 1. The maximum atomic E-state index is 12.0. The molecule has 98 valence electrons. The minimum atomic E-state index is -3.39. The lowest BCUT2D eigenvalue weighted by molar-refractivity contribution is 0.582. The maximum Gasteiger partial charge on any atom is 0.240 e. The van der Waals surface area contributed by atoms with E-state index in [1.165, 1.54) is 0 Å². The van der Waals surface area contributed by atoms with Gasteiger partial charge in [-0.25, -0.2) is 13.1 Å². The summed E-state index contributed by atoms with van der Waals surface area (Å²) in [6.45, 7) is 4.91. The molecule has 1 heterocycles. The summed E-state index contributed by atoms with van der Waals surface area (Å²) in [7, 11) is -3.39. The van der Waals surface area contributed by atoms with Crippen molar-refractivity contribution in [3.05, 3.63) is 36.4 Å². The molecule has 0 saturated heterocycles. The van der Waals surface area contributed by atoms with Gasteiger partial charge in [0.05, 0.1) is 4.90 Å². The molecular formula is C13H18N2O2S. The van der Waals surface area contributed by atoms with Crippen molar-refractivity contribution in [3.63, 3.8) is 0 Å². The fraction of sp³-hybridized carbons (Fsp3) is 0.385. The molecule has 0 unspecified atom stereocenters. The Hall–Kier alpha value is -1.33. The van der Waals surface area contributed by atoms with Crippen LogP contribution in [0.2, 0.25) is 0 Å². The van der Waals surface area contributed by atoms with Gasteiger partial charge in [-0.15, -0.1) is 6.58 Å². The SMILES string of the molecule is C=CCCNS(=O)(=O)c1ccc2c(c1)CCCN2. The van der Waals surface area contributed by atoms with E-state index >= 15 is 0 Å². The number of anilines is 1. The molecule has 0 fully saturated rings. The maximum absolute atomic E-state index is 12.0. The van der Waals surface area contributed by atoms with Crippen molar-refractivity contribution in [1.29, 1.82) is 0 Å². The van der Waals surface area contributed by atoms with E-state index in [9.17, 15) is 8.42 Å². The predicted molar refractivity (Wildman–Crippen MR) is 73.3 cm³/mol. The molecule has 2 rings (SSSR count). The number of hydrogen-bond donors (Lipinski definition) is 2. The van der Waals surface area contributed by atoms with Gasteiger partial charge >= 0.3 is 0 Å². The van der Waals surface area contributed by atoms with Crippen LogP contribution in [0, 0.1) is 0 Å². The highest BCUT2D eigenvalue weighted by atomic mass is 32.2. The van der Waals surface area contributed by atoms with Gasteiger partial charge in [0.15, 0.2) is 0 Å². The lowest BCUT2D eigenvalue weighted by Crippen LogP contribution is -2.25. The third kappa shape index (κ3) is 2.91. The Labute approximate surface area is 108 Å². The largest absolute Gasteiger partial charge is 0.385 e. The summed E-state index contributed by atoms with van der Waals surface area (Å²) in [6, 6.07) is 5.25. The zero-order chi connectivity index (χ0) is 13.0. The quantitative estimate of drug-likeness (QED) is 0.632. The Morgan fingerprint density at radius 3 is 3.06 bits per heavy atom. The van der Waals surface area contributed by atoms with Crippen LogP contribution in [-0.2, 0) is 16.4 Å². The van der Waals surface area contributed by atoms with E-state index in [0.29, 0.717) is 17.9 Å². The van der Waals surface area contributed by atoms with Crippen LogP contribution in [0.3, 0.4) is 0 Å². The molecule has 0 aliphatic carbocycles. The van der Waals surface area contributed by atoms with Crippen LogP contribution in [-0.4, -0.2) is 21.5 Å². The first-order valence-electron chi connectivity index (χ1n) is 6.11. The molecule has 1 aliphatic rings. The second-order valence-corrected chi connectivity index (χ2v) is 6.09. The molecule has 5 heteroatoms. The topological polar surface area (TPSA) is 58.2 Å². The Balaban J connectivity index is 2.19. The highest BCUT2D eigenvalue weighted by Crippen LogP contribution is 2.24. The zero-order valence-corrected chi connectivity index (χ0v) is 11.1. The van der Waals surface area contributed by atoms with Gasteiger partial charge in [0.1, 0.15) is 0 Å². The molecule has 0 amide bonds. The average molecular weight is 266 g/mol.